The number of fused-ring (bicyclic) bond motifs is 2. The zero-order chi connectivity index (χ0) is 26.5. The van der Waals surface area contributed by atoms with Gasteiger partial charge in [0, 0.05) is 12.6 Å². The van der Waals surface area contributed by atoms with Crippen LogP contribution in [0.4, 0.5) is 5.82 Å². The van der Waals surface area contributed by atoms with Crippen molar-refractivity contribution in [3.05, 3.63) is 30.9 Å². The third-order valence-corrected chi connectivity index (χ3v) is 8.15. The molecule has 0 spiro atoms. The lowest BCUT2D eigenvalue weighted by atomic mass is 9.98. The number of nitrogen functional groups attached to an aromatic ring is 1. The number of anilines is 1. The third kappa shape index (κ3) is 6.17. The van der Waals surface area contributed by atoms with E-state index in [1.165, 1.54) is 6.33 Å². The van der Waals surface area contributed by atoms with Crippen molar-refractivity contribution in [2.75, 3.05) is 25.5 Å². The van der Waals surface area contributed by atoms with Crippen LogP contribution in [0.25, 0.3) is 11.2 Å². The molecule has 3 N–H and O–H groups in total. The lowest BCUT2D eigenvalue weighted by molar-refractivity contribution is -0.152. The lowest BCUT2D eigenvalue weighted by Crippen LogP contribution is -2.37. The Kier molecular flexibility index (Phi) is 7.96. The second-order valence-electron chi connectivity index (χ2n) is 9.23. The van der Waals surface area contributed by atoms with Crippen LogP contribution in [-0.4, -0.2) is 57.4 Å². The molecule has 0 radical (unpaired) electrons. The second-order valence-corrected chi connectivity index (χ2v) is 11.3. The lowest BCUT2D eigenvalue weighted by Gasteiger charge is -2.26. The van der Waals surface area contributed by atoms with E-state index in [0.29, 0.717) is 29.2 Å². The predicted octanol–water partition coefficient (Wildman–Crippen LogP) is 3.24. The highest BCUT2D eigenvalue weighted by Crippen LogP contribution is 2.46. The van der Waals surface area contributed by atoms with Crippen LogP contribution in [0.1, 0.15) is 39.0 Å². The summed E-state index contributed by atoms with van der Waals surface area (Å²) in [5.41, 5.74) is 6.91. The van der Waals surface area contributed by atoms with Crippen molar-refractivity contribution in [1.82, 2.24) is 24.6 Å². The smallest absolute Gasteiger partial charge is 0.342 e. The third-order valence-electron chi connectivity index (χ3n) is 6.34. The van der Waals surface area contributed by atoms with Gasteiger partial charge in [-0.3, -0.25) is 9.36 Å². The summed E-state index contributed by atoms with van der Waals surface area (Å²) < 4.78 is 43.7. The number of imidazole rings is 1. The van der Waals surface area contributed by atoms with E-state index in [-0.39, 0.29) is 37.4 Å². The van der Waals surface area contributed by atoms with Crippen LogP contribution in [-0.2, 0) is 25.4 Å². The fraction of sp³-hybridized carbons (Fsp3) is 0.500. The van der Waals surface area contributed by atoms with Crippen LogP contribution in [0.15, 0.2) is 30.9 Å². The number of carbonyl (C=O) groups excluding carboxylic acids is 1. The van der Waals surface area contributed by atoms with Crippen molar-refractivity contribution in [3.63, 3.8) is 0 Å². The van der Waals surface area contributed by atoms with E-state index in [0.717, 1.165) is 32.1 Å². The van der Waals surface area contributed by atoms with Gasteiger partial charge in [0.2, 0.25) is 6.79 Å². The summed E-state index contributed by atoms with van der Waals surface area (Å²) in [5.74, 6) is 1.14. The second kappa shape index (κ2) is 11.5. The first kappa shape index (κ1) is 26.2. The summed E-state index contributed by atoms with van der Waals surface area (Å²) in [7, 11) is -3.73. The van der Waals surface area contributed by atoms with Gasteiger partial charge in [-0.25, -0.2) is 20.0 Å². The number of nitrogens with one attached hydrogen (secondary N) is 1. The standard InChI is InChI=1S/C24H31N6O7P/c1-16(24(31)36-17-5-3-2-4-6-17)29-38(32,37-18-7-8-19-20(11-18)35-14-34-19)15-33-10-9-30-13-28-21-22(25)26-12-27-23(21)30/h7-8,11-13,16-17H,2-6,9-10,14-15H2,1H3,(H,29,32)(H2,25,26,27)/t16-,38?/m1/s1. The molecule has 1 fully saturated rings. The average molecular weight is 547 g/mol. The van der Waals surface area contributed by atoms with Gasteiger partial charge >= 0.3 is 13.5 Å². The van der Waals surface area contributed by atoms with Gasteiger partial charge in [0.25, 0.3) is 0 Å². The van der Waals surface area contributed by atoms with Crippen molar-refractivity contribution < 1.29 is 32.8 Å². The summed E-state index contributed by atoms with van der Waals surface area (Å²) in [5, 5.41) is 2.84. The quantitative estimate of drug-likeness (QED) is 0.205. The summed E-state index contributed by atoms with van der Waals surface area (Å²) in [6.45, 7) is 2.24. The Bertz CT molecular complexity index is 1330. The molecule has 38 heavy (non-hydrogen) atoms. The van der Waals surface area contributed by atoms with E-state index in [9.17, 15) is 9.36 Å². The van der Waals surface area contributed by atoms with Gasteiger partial charge in [-0.05, 0) is 44.7 Å². The van der Waals surface area contributed by atoms with Crippen LogP contribution in [0.2, 0.25) is 0 Å². The largest absolute Gasteiger partial charge is 0.461 e. The molecule has 204 valence electrons. The van der Waals surface area contributed by atoms with E-state index in [1.54, 1.807) is 36.0 Å². The summed E-state index contributed by atoms with van der Waals surface area (Å²) >= 11 is 0. The Labute approximate surface area is 219 Å². The molecule has 1 saturated carbocycles. The highest BCUT2D eigenvalue weighted by Gasteiger charge is 2.32. The van der Waals surface area contributed by atoms with Crippen LogP contribution in [0.3, 0.4) is 0 Å². The topological polar surface area (TPSA) is 162 Å². The van der Waals surface area contributed by atoms with Gasteiger partial charge in [-0.15, -0.1) is 0 Å². The molecule has 0 amide bonds. The molecule has 14 heteroatoms. The molecule has 0 saturated heterocycles. The molecule has 1 aromatic carbocycles. The van der Waals surface area contributed by atoms with Crippen molar-refractivity contribution >= 4 is 30.5 Å². The molecule has 1 aliphatic heterocycles. The fourth-order valence-corrected chi connectivity index (χ4v) is 6.10. The number of carbonyl (C=O) groups is 1. The van der Waals surface area contributed by atoms with Crippen LogP contribution >= 0.6 is 7.52 Å². The zero-order valence-corrected chi connectivity index (χ0v) is 22.0. The number of rotatable bonds is 11. The number of esters is 1. The molecule has 13 nitrogen and oxygen atoms in total. The van der Waals surface area contributed by atoms with Gasteiger partial charge in [-0.2, -0.15) is 0 Å². The zero-order valence-electron chi connectivity index (χ0n) is 21.1. The molecule has 2 atom stereocenters. The SMILES string of the molecule is C[C@@H](NP(=O)(COCCn1cnc2c(N)ncnc21)Oc1ccc2c(c1)OCO2)C(=O)OC1CCCCC1. The number of hydrogen-bond acceptors (Lipinski definition) is 11. The average Bonchev–Trinajstić information content (AvgIpc) is 3.54. The van der Waals surface area contributed by atoms with Crippen molar-refractivity contribution in [2.24, 2.45) is 0 Å². The van der Waals surface area contributed by atoms with Crippen molar-refractivity contribution in [2.45, 2.75) is 57.7 Å². The van der Waals surface area contributed by atoms with E-state index in [4.69, 9.17) is 29.2 Å². The summed E-state index contributed by atoms with van der Waals surface area (Å²) in [6.07, 6.45) is 7.42. The van der Waals surface area contributed by atoms with Crippen LogP contribution in [0, 0.1) is 0 Å². The molecule has 1 aliphatic carbocycles. The maximum Gasteiger partial charge on any atom is 0.342 e. The number of aromatic nitrogens is 4. The monoisotopic (exact) mass is 546 g/mol. The highest BCUT2D eigenvalue weighted by molar-refractivity contribution is 7.57. The first-order chi connectivity index (χ1) is 18.4. The molecule has 2 aromatic heterocycles. The van der Waals surface area contributed by atoms with E-state index in [1.807, 2.05) is 0 Å². The minimum absolute atomic E-state index is 0.0986. The summed E-state index contributed by atoms with van der Waals surface area (Å²) in [4.78, 5) is 25.1. The van der Waals surface area contributed by atoms with Crippen molar-refractivity contribution in [3.8, 4) is 17.2 Å². The highest BCUT2D eigenvalue weighted by atomic mass is 31.2. The number of ether oxygens (including phenoxy) is 4. The molecular formula is C24H31N6O7P. The van der Waals surface area contributed by atoms with E-state index < -0.39 is 19.5 Å². The van der Waals surface area contributed by atoms with Gasteiger partial charge in [-0.1, -0.05) is 6.42 Å². The number of benzene rings is 1. The van der Waals surface area contributed by atoms with Gasteiger partial charge in [0.1, 0.15) is 36.1 Å². The molecule has 3 aromatic rings. The molecule has 0 bridgehead atoms. The first-order valence-corrected chi connectivity index (χ1v) is 14.4. The van der Waals surface area contributed by atoms with E-state index in [2.05, 4.69) is 20.0 Å². The number of nitrogens with two attached hydrogens (primary N) is 1. The molecule has 5 rings (SSSR count). The van der Waals surface area contributed by atoms with Crippen molar-refractivity contribution in [1.29, 1.82) is 0 Å². The Balaban J connectivity index is 1.24. The van der Waals surface area contributed by atoms with Gasteiger partial charge < -0.3 is 33.8 Å². The van der Waals surface area contributed by atoms with Gasteiger partial charge in [0.05, 0.1) is 12.9 Å². The maximum atomic E-state index is 13.9. The Morgan fingerprint density at radius 1 is 1.21 bits per heavy atom. The Morgan fingerprint density at radius 2 is 2.03 bits per heavy atom. The van der Waals surface area contributed by atoms with Crippen LogP contribution in [0.5, 0.6) is 17.2 Å². The Morgan fingerprint density at radius 3 is 2.87 bits per heavy atom. The maximum absolute atomic E-state index is 13.9. The first-order valence-electron chi connectivity index (χ1n) is 12.6. The molecule has 2 aliphatic rings. The predicted molar refractivity (Wildman–Crippen MR) is 137 cm³/mol. The van der Waals surface area contributed by atoms with E-state index >= 15 is 0 Å². The minimum atomic E-state index is -3.73. The summed E-state index contributed by atoms with van der Waals surface area (Å²) in [6, 6.07) is 4.00. The van der Waals surface area contributed by atoms with Crippen LogP contribution < -0.4 is 24.8 Å². The minimum Gasteiger partial charge on any atom is -0.461 e. The number of nitrogens with zero attached hydrogens (tertiary/aromatic N) is 4. The molecule has 3 heterocycles. The van der Waals surface area contributed by atoms with Gasteiger partial charge in [0.15, 0.2) is 23.0 Å². The fourth-order valence-electron chi connectivity index (χ4n) is 4.40. The molecular weight excluding hydrogens is 515 g/mol. The Hall–Kier alpha value is -3.41. The molecule has 1 unspecified atom stereocenters. The normalized spacial score (nSPS) is 17.7. The number of hydrogen-bond donors (Lipinski definition) is 2.